The van der Waals surface area contributed by atoms with Gasteiger partial charge >= 0.3 is 0 Å². The summed E-state index contributed by atoms with van der Waals surface area (Å²) in [5.74, 6) is 0.187. The Bertz CT molecular complexity index is 473. The number of carbonyl (C=O) groups excluding carboxylic acids is 1. The highest BCUT2D eigenvalue weighted by Gasteiger charge is 2.50. The molecule has 0 radical (unpaired) electrons. The number of primary amides is 1. The van der Waals surface area contributed by atoms with Crippen LogP contribution in [0.25, 0.3) is 0 Å². The van der Waals surface area contributed by atoms with Gasteiger partial charge in [0.05, 0.1) is 0 Å². The van der Waals surface area contributed by atoms with Crippen LogP contribution in [0.5, 0.6) is 0 Å². The SMILES string of the molecule is CNC(CN1Cc2ccccc2C1)(C(N)=O)C1CC1. The van der Waals surface area contributed by atoms with Crippen molar-refractivity contribution >= 4 is 5.91 Å². The third-order valence-corrected chi connectivity index (χ3v) is 4.54. The summed E-state index contributed by atoms with van der Waals surface area (Å²) in [5, 5.41) is 3.21. The monoisotopic (exact) mass is 259 g/mol. The van der Waals surface area contributed by atoms with Crippen molar-refractivity contribution < 1.29 is 4.79 Å². The maximum atomic E-state index is 11.9. The van der Waals surface area contributed by atoms with Crippen LogP contribution in [0, 0.1) is 5.92 Å². The number of benzene rings is 1. The van der Waals surface area contributed by atoms with E-state index in [1.54, 1.807) is 0 Å². The fraction of sp³-hybridized carbons (Fsp3) is 0.533. The summed E-state index contributed by atoms with van der Waals surface area (Å²) in [5.41, 5.74) is 7.86. The van der Waals surface area contributed by atoms with Gasteiger partial charge in [0.2, 0.25) is 5.91 Å². The first-order valence-electron chi connectivity index (χ1n) is 6.93. The molecule has 0 bridgehead atoms. The third-order valence-electron chi connectivity index (χ3n) is 4.54. The van der Waals surface area contributed by atoms with Gasteiger partial charge < -0.3 is 11.1 Å². The van der Waals surface area contributed by atoms with Crippen LogP contribution >= 0.6 is 0 Å². The van der Waals surface area contributed by atoms with Gasteiger partial charge in [-0.1, -0.05) is 24.3 Å². The molecule has 0 saturated heterocycles. The van der Waals surface area contributed by atoms with Crippen LogP contribution in [0.1, 0.15) is 24.0 Å². The predicted octanol–water partition coefficient (Wildman–Crippen LogP) is 0.856. The van der Waals surface area contributed by atoms with Crippen molar-refractivity contribution in [3.8, 4) is 0 Å². The Kier molecular flexibility index (Phi) is 3.07. The van der Waals surface area contributed by atoms with Crippen LogP contribution in [0.3, 0.4) is 0 Å². The average Bonchev–Trinajstić information content (AvgIpc) is 3.16. The summed E-state index contributed by atoms with van der Waals surface area (Å²) in [7, 11) is 1.85. The quantitative estimate of drug-likeness (QED) is 0.824. The molecular weight excluding hydrogens is 238 g/mol. The maximum absolute atomic E-state index is 11.9. The van der Waals surface area contributed by atoms with E-state index < -0.39 is 5.54 Å². The molecule has 1 unspecified atom stereocenters. The van der Waals surface area contributed by atoms with E-state index in [9.17, 15) is 4.79 Å². The first-order valence-corrected chi connectivity index (χ1v) is 6.93. The van der Waals surface area contributed by atoms with Gasteiger partial charge in [0, 0.05) is 19.6 Å². The zero-order chi connectivity index (χ0) is 13.5. The van der Waals surface area contributed by atoms with Crippen molar-refractivity contribution in [1.82, 2.24) is 10.2 Å². The molecule has 4 heteroatoms. The minimum atomic E-state index is -0.554. The van der Waals surface area contributed by atoms with Gasteiger partial charge in [0.15, 0.2) is 0 Å². The molecule has 0 aromatic heterocycles. The Morgan fingerprint density at radius 2 is 1.95 bits per heavy atom. The Hall–Kier alpha value is -1.39. The summed E-state index contributed by atoms with van der Waals surface area (Å²) in [4.78, 5) is 14.3. The topological polar surface area (TPSA) is 58.4 Å². The third kappa shape index (κ3) is 2.15. The Balaban J connectivity index is 1.76. The summed E-state index contributed by atoms with van der Waals surface area (Å²) in [6.07, 6.45) is 2.20. The van der Waals surface area contributed by atoms with E-state index in [4.69, 9.17) is 5.73 Å². The lowest BCUT2D eigenvalue weighted by Crippen LogP contribution is -2.61. The minimum Gasteiger partial charge on any atom is -0.368 e. The number of rotatable bonds is 5. The molecule has 2 aliphatic rings. The van der Waals surface area contributed by atoms with Crippen LogP contribution in [-0.2, 0) is 17.9 Å². The summed E-state index contributed by atoms with van der Waals surface area (Å²) >= 11 is 0. The summed E-state index contributed by atoms with van der Waals surface area (Å²) in [6.45, 7) is 2.54. The van der Waals surface area contributed by atoms with E-state index in [2.05, 4.69) is 34.5 Å². The van der Waals surface area contributed by atoms with Crippen LogP contribution < -0.4 is 11.1 Å². The summed E-state index contributed by atoms with van der Waals surface area (Å²) in [6, 6.07) is 8.47. The van der Waals surface area contributed by atoms with Crippen LogP contribution in [-0.4, -0.2) is 29.9 Å². The highest BCUT2D eigenvalue weighted by Crippen LogP contribution is 2.40. The first kappa shape index (κ1) is 12.6. The lowest BCUT2D eigenvalue weighted by molar-refractivity contribution is -0.126. The molecule has 1 aliphatic carbocycles. The van der Waals surface area contributed by atoms with Crippen molar-refractivity contribution in [2.24, 2.45) is 11.7 Å². The highest BCUT2D eigenvalue weighted by molar-refractivity contribution is 5.86. The molecule has 102 valence electrons. The number of amides is 1. The molecule has 1 atom stereocenters. The zero-order valence-corrected chi connectivity index (χ0v) is 11.4. The van der Waals surface area contributed by atoms with Crippen LogP contribution in [0.2, 0.25) is 0 Å². The van der Waals surface area contributed by atoms with Crippen molar-refractivity contribution in [3.63, 3.8) is 0 Å². The number of nitrogens with zero attached hydrogens (tertiary/aromatic N) is 1. The van der Waals surface area contributed by atoms with Crippen molar-refractivity contribution in [2.75, 3.05) is 13.6 Å². The van der Waals surface area contributed by atoms with E-state index in [0.717, 1.165) is 25.9 Å². The van der Waals surface area contributed by atoms with Crippen molar-refractivity contribution in [2.45, 2.75) is 31.5 Å². The second-order valence-electron chi connectivity index (χ2n) is 5.77. The fourth-order valence-electron chi connectivity index (χ4n) is 3.26. The molecule has 0 spiro atoms. The van der Waals surface area contributed by atoms with Crippen molar-refractivity contribution in [1.29, 1.82) is 0 Å². The first-order chi connectivity index (χ1) is 9.15. The van der Waals surface area contributed by atoms with Gasteiger partial charge in [-0.25, -0.2) is 0 Å². The predicted molar refractivity (Wildman–Crippen MR) is 74.3 cm³/mol. The van der Waals surface area contributed by atoms with Gasteiger partial charge in [0.1, 0.15) is 5.54 Å². The lowest BCUT2D eigenvalue weighted by atomic mass is 9.91. The summed E-state index contributed by atoms with van der Waals surface area (Å²) < 4.78 is 0. The molecular formula is C15H21N3O. The van der Waals surface area contributed by atoms with Gasteiger partial charge in [0.25, 0.3) is 0 Å². The van der Waals surface area contributed by atoms with Gasteiger partial charge in [-0.15, -0.1) is 0 Å². The standard InChI is InChI=1S/C15H21N3O/c1-17-15(14(16)19,13-6-7-13)10-18-8-11-4-2-3-5-12(11)9-18/h2-5,13,17H,6-10H2,1H3,(H2,16,19). The smallest absolute Gasteiger partial charge is 0.239 e. The molecule has 1 aromatic rings. The largest absolute Gasteiger partial charge is 0.368 e. The van der Waals surface area contributed by atoms with E-state index in [1.807, 2.05) is 7.05 Å². The lowest BCUT2D eigenvalue weighted by Gasteiger charge is -2.34. The number of hydrogen-bond donors (Lipinski definition) is 2. The maximum Gasteiger partial charge on any atom is 0.239 e. The van der Waals surface area contributed by atoms with E-state index in [0.29, 0.717) is 12.5 Å². The molecule has 1 aliphatic heterocycles. The molecule has 1 saturated carbocycles. The van der Waals surface area contributed by atoms with Gasteiger partial charge in [-0.3, -0.25) is 9.69 Å². The fourth-order valence-corrected chi connectivity index (χ4v) is 3.26. The van der Waals surface area contributed by atoms with Crippen LogP contribution in [0.4, 0.5) is 0 Å². The number of nitrogens with one attached hydrogen (secondary N) is 1. The second-order valence-corrected chi connectivity index (χ2v) is 5.77. The van der Waals surface area contributed by atoms with Crippen LogP contribution in [0.15, 0.2) is 24.3 Å². The molecule has 1 fully saturated rings. The molecule has 1 aromatic carbocycles. The zero-order valence-electron chi connectivity index (χ0n) is 11.4. The van der Waals surface area contributed by atoms with E-state index in [1.165, 1.54) is 11.1 Å². The number of hydrogen-bond acceptors (Lipinski definition) is 3. The molecule has 1 heterocycles. The molecule has 4 nitrogen and oxygen atoms in total. The molecule has 19 heavy (non-hydrogen) atoms. The number of likely N-dealkylation sites (N-methyl/N-ethyl adjacent to an activating group) is 1. The van der Waals surface area contributed by atoms with E-state index >= 15 is 0 Å². The number of carbonyl (C=O) groups is 1. The number of nitrogens with two attached hydrogens (primary N) is 1. The molecule has 3 rings (SSSR count). The Morgan fingerprint density at radius 1 is 1.37 bits per heavy atom. The molecule has 1 amide bonds. The minimum absolute atomic E-state index is 0.214. The highest BCUT2D eigenvalue weighted by atomic mass is 16.1. The van der Waals surface area contributed by atoms with Crippen molar-refractivity contribution in [3.05, 3.63) is 35.4 Å². The Morgan fingerprint density at radius 3 is 2.37 bits per heavy atom. The van der Waals surface area contributed by atoms with Gasteiger partial charge in [-0.05, 0) is 36.9 Å². The normalized spacial score (nSPS) is 21.9. The number of fused-ring (bicyclic) bond motifs is 1. The van der Waals surface area contributed by atoms with Gasteiger partial charge in [-0.2, -0.15) is 0 Å². The molecule has 3 N–H and O–H groups in total. The Labute approximate surface area is 114 Å². The average molecular weight is 259 g/mol. The second kappa shape index (κ2) is 4.62. The van der Waals surface area contributed by atoms with E-state index in [-0.39, 0.29) is 5.91 Å².